The third kappa shape index (κ3) is 4.92. The highest BCUT2D eigenvalue weighted by Crippen LogP contribution is 2.27. The number of ether oxygens (including phenoxy) is 1. The van der Waals surface area contributed by atoms with Gasteiger partial charge in [-0.25, -0.2) is 13.6 Å². The van der Waals surface area contributed by atoms with Crippen LogP contribution in [0.25, 0.3) is 0 Å². The molecule has 0 bridgehead atoms. The Balaban J connectivity index is 2.08. The predicted octanol–water partition coefficient (Wildman–Crippen LogP) is 1.57. The Morgan fingerprint density at radius 3 is 2.20 bits per heavy atom. The zero-order chi connectivity index (χ0) is 18.6. The number of carbonyl (C=O) groups excluding carboxylic acids is 2. The number of nitrogens with two attached hydrogens (primary N) is 1. The van der Waals surface area contributed by atoms with Crippen LogP contribution in [-0.4, -0.2) is 27.3 Å². The van der Waals surface area contributed by atoms with Crippen LogP contribution in [0.1, 0.15) is 0 Å². The lowest BCUT2D eigenvalue weighted by molar-refractivity contribution is -0.133. The minimum absolute atomic E-state index is 0.112. The average Bonchev–Trinajstić information content (AvgIpc) is 2.54. The van der Waals surface area contributed by atoms with Crippen molar-refractivity contribution >= 4 is 44.8 Å². The molecular weight excluding hydrogens is 370 g/mol. The summed E-state index contributed by atoms with van der Waals surface area (Å²) in [6, 6.07) is 9.60. The highest BCUT2D eigenvalue weighted by Gasteiger charge is 2.17. The van der Waals surface area contributed by atoms with Gasteiger partial charge in [0.05, 0.1) is 17.7 Å². The molecule has 0 aliphatic carbocycles. The molecule has 2 amide bonds. The Kier molecular flexibility index (Phi) is 5.62. The molecule has 0 saturated heterocycles. The molecule has 0 heterocycles. The van der Waals surface area contributed by atoms with Crippen LogP contribution in [0.5, 0.6) is 5.75 Å². The summed E-state index contributed by atoms with van der Waals surface area (Å²) in [6.07, 6.45) is 0. The van der Waals surface area contributed by atoms with Gasteiger partial charge in [-0.15, -0.1) is 0 Å². The zero-order valence-corrected chi connectivity index (χ0v) is 14.5. The van der Waals surface area contributed by atoms with E-state index in [9.17, 15) is 18.0 Å². The lowest BCUT2D eigenvalue weighted by Gasteiger charge is -2.10. The van der Waals surface area contributed by atoms with Gasteiger partial charge in [0.2, 0.25) is 10.0 Å². The molecule has 0 aliphatic rings. The van der Waals surface area contributed by atoms with Crippen LogP contribution in [0.3, 0.4) is 0 Å². The number of hydrogen-bond acceptors (Lipinski definition) is 5. The standard InChI is InChI=1S/C15H14ClN3O5S/c1-24-13-7-2-9(16)8-12(13)19-15(21)14(20)18-10-3-5-11(6-4-10)25(17,22)23/h2-8H,1H3,(H,18,20)(H,19,21)(H2,17,22,23). The zero-order valence-electron chi connectivity index (χ0n) is 12.9. The fraction of sp³-hybridized carbons (Fsp3) is 0.0667. The topological polar surface area (TPSA) is 128 Å². The number of hydrogen-bond donors (Lipinski definition) is 3. The Labute approximate surface area is 149 Å². The summed E-state index contributed by atoms with van der Waals surface area (Å²) in [5, 5.41) is 10.1. The first kappa shape index (κ1) is 18.7. The van der Waals surface area contributed by atoms with Crippen molar-refractivity contribution in [3.8, 4) is 5.75 Å². The predicted molar refractivity (Wildman–Crippen MR) is 93.1 cm³/mol. The quantitative estimate of drug-likeness (QED) is 0.690. The Bertz CT molecular complexity index is 913. The second-order valence-electron chi connectivity index (χ2n) is 4.82. The van der Waals surface area contributed by atoms with Crippen molar-refractivity contribution in [2.24, 2.45) is 5.14 Å². The van der Waals surface area contributed by atoms with Gasteiger partial charge < -0.3 is 15.4 Å². The molecule has 0 aliphatic heterocycles. The highest BCUT2D eigenvalue weighted by atomic mass is 35.5. The van der Waals surface area contributed by atoms with E-state index in [1.165, 1.54) is 37.4 Å². The molecule has 0 atom stereocenters. The lowest BCUT2D eigenvalue weighted by atomic mass is 10.3. The molecule has 132 valence electrons. The van der Waals surface area contributed by atoms with Gasteiger partial charge in [0.25, 0.3) is 0 Å². The summed E-state index contributed by atoms with van der Waals surface area (Å²) in [4.78, 5) is 23.8. The molecule has 0 unspecified atom stereocenters. The van der Waals surface area contributed by atoms with Gasteiger partial charge in [0.1, 0.15) is 5.75 Å². The van der Waals surface area contributed by atoms with E-state index in [2.05, 4.69) is 10.6 Å². The number of methoxy groups -OCH3 is 1. The third-order valence-electron chi connectivity index (χ3n) is 3.06. The molecule has 2 aromatic carbocycles. The molecule has 10 heteroatoms. The van der Waals surface area contributed by atoms with E-state index >= 15 is 0 Å². The van der Waals surface area contributed by atoms with E-state index in [0.29, 0.717) is 10.8 Å². The molecule has 4 N–H and O–H groups in total. The van der Waals surface area contributed by atoms with Crippen LogP contribution >= 0.6 is 11.6 Å². The van der Waals surface area contributed by atoms with Crippen molar-refractivity contribution in [1.29, 1.82) is 0 Å². The molecule has 2 rings (SSSR count). The lowest BCUT2D eigenvalue weighted by Crippen LogP contribution is -2.29. The van der Waals surface area contributed by atoms with E-state index < -0.39 is 21.8 Å². The number of benzene rings is 2. The maximum atomic E-state index is 12.0. The number of anilines is 2. The normalized spacial score (nSPS) is 10.8. The van der Waals surface area contributed by atoms with Gasteiger partial charge >= 0.3 is 11.8 Å². The van der Waals surface area contributed by atoms with Gasteiger partial charge in [0, 0.05) is 10.7 Å². The fourth-order valence-corrected chi connectivity index (χ4v) is 2.56. The van der Waals surface area contributed by atoms with Gasteiger partial charge in [-0.05, 0) is 42.5 Å². The van der Waals surface area contributed by atoms with Gasteiger partial charge in [0.15, 0.2) is 0 Å². The van der Waals surface area contributed by atoms with Crippen LogP contribution in [0.2, 0.25) is 5.02 Å². The first-order valence-corrected chi connectivity index (χ1v) is 8.72. The molecule has 0 spiro atoms. The number of sulfonamides is 1. The molecule has 0 saturated carbocycles. The molecule has 0 aromatic heterocycles. The fourth-order valence-electron chi connectivity index (χ4n) is 1.87. The molecule has 2 aromatic rings. The number of primary sulfonamides is 1. The van der Waals surface area contributed by atoms with E-state index in [0.717, 1.165) is 0 Å². The number of amides is 2. The van der Waals surface area contributed by atoms with Crippen molar-refractivity contribution in [2.45, 2.75) is 4.90 Å². The summed E-state index contributed by atoms with van der Waals surface area (Å²) >= 11 is 5.85. The summed E-state index contributed by atoms with van der Waals surface area (Å²) < 4.78 is 27.4. The monoisotopic (exact) mass is 383 g/mol. The Morgan fingerprint density at radius 2 is 1.64 bits per heavy atom. The smallest absolute Gasteiger partial charge is 0.314 e. The number of rotatable bonds is 4. The van der Waals surface area contributed by atoms with E-state index in [4.69, 9.17) is 21.5 Å². The summed E-state index contributed by atoms with van der Waals surface area (Å²) in [5.41, 5.74) is 0.463. The Hall–Kier alpha value is -2.62. The average molecular weight is 384 g/mol. The van der Waals surface area contributed by atoms with E-state index in [-0.39, 0.29) is 16.3 Å². The Morgan fingerprint density at radius 1 is 1.04 bits per heavy atom. The maximum Gasteiger partial charge on any atom is 0.314 e. The van der Waals surface area contributed by atoms with E-state index in [1.54, 1.807) is 12.1 Å². The van der Waals surface area contributed by atoms with E-state index in [1.807, 2.05) is 0 Å². The number of nitrogens with one attached hydrogen (secondary N) is 2. The highest BCUT2D eigenvalue weighted by molar-refractivity contribution is 7.89. The van der Waals surface area contributed by atoms with Crippen LogP contribution < -0.4 is 20.5 Å². The van der Waals surface area contributed by atoms with Crippen molar-refractivity contribution in [3.05, 3.63) is 47.5 Å². The summed E-state index contributed by atoms with van der Waals surface area (Å²) in [7, 11) is -2.43. The summed E-state index contributed by atoms with van der Waals surface area (Å²) in [6.45, 7) is 0. The number of carbonyl (C=O) groups is 2. The van der Waals surface area contributed by atoms with Crippen molar-refractivity contribution in [3.63, 3.8) is 0 Å². The van der Waals surface area contributed by atoms with Crippen LogP contribution in [0.4, 0.5) is 11.4 Å². The van der Waals surface area contributed by atoms with Crippen LogP contribution in [-0.2, 0) is 19.6 Å². The largest absolute Gasteiger partial charge is 0.495 e. The van der Waals surface area contributed by atoms with Gasteiger partial charge in [-0.3, -0.25) is 9.59 Å². The molecule has 0 fully saturated rings. The maximum absolute atomic E-state index is 12.0. The van der Waals surface area contributed by atoms with Crippen molar-refractivity contribution in [2.75, 3.05) is 17.7 Å². The second-order valence-corrected chi connectivity index (χ2v) is 6.82. The first-order valence-electron chi connectivity index (χ1n) is 6.79. The van der Waals surface area contributed by atoms with Crippen LogP contribution in [0.15, 0.2) is 47.4 Å². The minimum Gasteiger partial charge on any atom is -0.495 e. The molecule has 25 heavy (non-hydrogen) atoms. The van der Waals surface area contributed by atoms with Gasteiger partial charge in [-0.2, -0.15) is 0 Å². The molecule has 8 nitrogen and oxygen atoms in total. The van der Waals surface area contributed by atoms with Crippen LogP contribution in [0, 0.1) is 0 Å². The number of halogens is 1. The summed E-state index contributed by atoms with van der Waals surface area (Å²) in [5.74, 6) is -1.57. The minimum atomic E-state index is -3.84. The third-order valence-corrected chi connectivity index (χ3v) is 4.22. The molecular formula is C15H14ClN3O5S. The van der Waals surface area contributed by atoms with Gasteiger partial charge in [-0.1, -0.05) is 11.6 Å². The first-order chi connectivity index (χ1) is 11.7. The second kappa shape index (κ2) is 7.51. The van der Waals surface area contributed by atoms with Crippen molar-refractivity contribution in [1.82, 2.24) is 0 Å². The SMILES string of the molecule is COc1ccc(Cl)cc1NC(=O)C(=O)Nc1ccc(S(N)(=O)=O)cc1. The van der Waals surface area contributed by atoms with Crippen molar-refractivity contribution < 1.29 is 22.7 Å². The molecule has 0 radical (unpaired) electrons.